The van der Waals surface area contributed by atoms with E-state index in [1.807, 2.05) is 47.6 Å². The molecule has 1 fully saturated rings. The Bertz CT molecular complexity index is 2430. The maximum Gasteiger partial charge on any atom is 0.246 e. The van der Waals surface area contributed by atoms with Gasteiger partial charge in [-0.3, -0.25) is 52.7 Å². The number of ether oxygens (including phenoxy) is 1. The highest BCUT2D eigenvalue weighted by Gasteiger charge is 2.47. The van der Waals surface area contributed by atoms with Crippen molar-refractivity contribution >= 4 is 65.0 Å². The fourth-order valence-corrected chi connectivity index (χ4v) is 11.7. The molecule has 0 aromatic carbocycles. The van der Waals surface area contributed by atoms with Crippen LogP contribution in [-0.4, -0.2) is 240 Å². The molecule has 0 unspecified atom stereocenters. The molecule has 0 saturated carbocycles. The quantitative estimate of drug-likeness (QED) is 0.131. The zero-order chi connectivity index (χ0) is 69.1. The Morgan fingerprint density at radius 3 is 1.27 bits per heavy atom. The molecule has 0 radical (unpaired) electrons. The summed E-state index contributed by atoms with van der Waals surface area (Å²) in [4.78, 5) is 171. The first-order valence-electron chi connectivity index (χ1n) is 32.0. The minimum atomic E-state index is -1.64. The van der Waals surface area contributed by atoms with Gasteiger partial charge in [0.15, 0.2) is 0 Å². The van der Waals surface area contributed by atoms with Crippen LogP contribution in [-0.2, 0) is 57.5 Å². The van der Waals surface area contributed by atoms with Gasteiger partial charge in [0.2, 0.25) is 65.0 Å². The summed E-state index contributed by atoms with van der Waals surface area (Å²) in [7, 11) is 11.4. The summed E-state index contributed by atoms with van der Waals surface area (Å²) in [6.45, 7) is 31.3. The normalized spacial score (nSPS) is 27.4. The molecule has 14 atom stereocenters. The van der Waals surface area contributed by atoms with Crippen molar-refractivity contribution in [1.29, 1.82) is 0 Å². The van der Waals surface area contributed by atoms with Gasteiger partial charge >= 0.3 is 0 Å². The van der Waals surface area contributed by atoms with Crippen LogP contribution in [0.5, 0.6) is 0 Å². The van der Waals surface area contributed by atoms with Crippen molar-refractivity contribution in [3.8, 4) is 0 Å². The molecule has 1 aliphatic heterocycles. The highest BCUT2D eigenvalue weighted by atomic mass is 16.5. The number of hydrogen-bond acceptors (Lipinski definition) is 13. The number of allylic oxidation sites excluding steroid dienone is 2. The first-order chi connectivity index (χ1) is 41.1. The Labute approximate surface area is 533 Å². The van der Waals surface area contributed by atoms with Crippen LogP contribution in [0, 0.1) is 47.3 Å². The van der Waals surface area contributed by atoms with Gasteiger partial charge in [-0.25, -0.2) is 0 Å². The molecule has 510 valence electrons. The molecule has 0 aromatic heterocycles. The molecule has 1 aliphatic rings. The smallest absolute Gasteiger partial charge is 0.246 e. The number of rotatable bonds is 17. The number of aliphatic hydroxyl groups excluding tert-OH is 1. The van der Waals surface area contributed by atoms with Crippen molar-refractivity contribution in [2.45, 2.75) is 229 Å². The van der Waals surface area contributed by atoms with E-state index in [0.29, 0.717) is 6.42 Å². The van der Waals surface area contributed by atoms with Crippen LogP contribution in [0.4, 0.5) is 0 Å². The fraction of sp³-hybridized carbons (Fsp3) is 0.800. The molecule has 0 aliphatic carbocycles. The Morgan fingerprint density at radius 1 is 0.449 bits per heavy atom. The Balaban J connectivity index is 4.49. The monoisotopic (exact) mass is 1260 g/mol. The van der Waals surface area contributed by atoms with Crippen molar-refractivity contribution < 1.29 is 62.6 Å². The highest BCUT2D eigenvalue weighted by Crippen LogP contribution is 2.27. The molecule has 0 spiro atoms. The van der Waals surface area contributed by atoms with Crippen LogP contribution in [0.3, 0.4) is 0 Å². The van der Waals surface area contributed by atoms with E-state index in [0.717, 1.165) is 4.90 Å². The molecular weight excluding hydrogens is 1140 g/mol. The second-order valence-electron chi connectivity index (χ2n) is 27.2. The van der Waals surface area contributed by atoms with Gasteiger partial charge in [-0.15, -0.1) is 0 Å². The van der Waals surface area contributed by atoms with Gasteiger partial charge in [-0.05, 0) is 94.3 Å². The summed E-state index contributed by atoms with van der Waals surface area (Å²) in [5.74, 6) is -11.1. The number of carbonyl (C=O) groups is 11. The molecule has 5 N–H and O–H groups in total. The predicted octanol–water partition coefficient (Wildman–Crippen LogP) is 3.53. The fourth-order valence-electron chi connectivity index (χ4n) is 11.7. The van der Waals surface area contributed by atoms with E-state index in [1.54, 1.807) is 75.3 Å². The lowest BCUT2D eigenvalue weighted by atomic mass is 9.91. The molecule has 0 aromatic rings. The topological polar surface area (TPSA) is 288 Å². The van der Waals surface area contributed by atoms with Gasteiger partial charge in [0, 0.05) is 62.4 Å². The summed E-state index contributed by atoms with van der Waals surface area (Å²) in [5, 5.41) is 23.3. The van der Waals surface area contributed by atoms with Crippen LogP contribution >= 0.6 is 0 Å². The van der Waals surface area contributed by atoms with Gasteiger partial charge in [-0.1, -0.05) is 116 Å². The number of likely N-dealkylation sites (N-methyl/N-ethyl adjacent to an activating group) is 7. The van der Waals surface area contributed by atoms with Gasteiger partial charge in [0.1, 0.15) is 66.5 Å². The summed E-state index contributed by atoms with van der Waals surface area (Å²) in [6, 6.07) is -13.9. The van der Waals surface area contributed by atoms with Crippen molar-refractivity contribution in [2.75, 3.05) is 63.1 Å². The molecule has 24 nitrogen and oxygen atoms in total. The Morgan fingerprint density at radius 2 is 0.843 bits per heavy atom. The summed E-state index contributed by atoms with van der Waals surface area (Å²) >= 11 is 0. The average molecular weight is 1260 g/mol. The number of carbonyl (C=O) groups excluding carboxylic acids is 11. The van der Waals surface area contributed by atoms with Gasteiger partial charge < -0.3 is 65.4 Å². The van der Waals surface area contributed by atoms with Crippen molar-refractivity contribution in [3.05, 3.63) is 12.2 Å². The van der Waals surface area contributed by atoms with Crippen LogP contribution in [0.2, 0.25) is 0 Å². The van der Waals surface area contributed by atoms with E-state index >= 15 is 24.0 Å². The lowest BCUT2D eigenvalue weighted by molar-refractivity contribution is -0.157. The largest absolute Gasteiger partial charge is 0.390 e. The van der Waals surface area contributed by atoms with E-state index in [9.17, 15) is 33.9 Å². The standard InChI is InChI=1S/C65H117N11O13/c1-27-29-30-41(15)54(77)53-58(81)68-45(28-2)60(83)73(22)50(39(11)12)64(87)75(24)52(42(16)34-89-26)57(80)69-49(38(9)10)63(86)70(19)46(31-35(3)4)56(79)66-43(17)55(78)67-44(18)59(82)71(20)47(32-36(5)6)61(84)72(21)48(33-37(7)8)62(85)74(23)51(40(13)14)65(88)76(53)25/h27,29,35-54,77H,28,30-34H2,1-26H3,(H,66,79)(H,67,78)(H,68,81)(H,69,80)/b29-27+/t41-,42-,43+,44-,45+,46+,47+,48+,49+,50-,51+,52+,53+,54-/m1/s1. The van der Waals surface area contributed by atoms with E-state index in [-0.39, 0.29) is 50.0 Å². The minimum absolute atomic E-state index is 0.00259. The van der Waals surface area contributed by atoms with Crippen molar-refractivity contribution in [2.24, 2.45) is 47.3 Å². The number of nitrogens with zero attached hydrogens (tertiary/aromatic N) is 7. The van der Waals surface area contributed by atoms with Crippen molar-refractivity contribution in [1.82, 2.24) is 55.6 Å². The van der Waals surface area contributed by atoms with Crippen LogP contribution in [0.25, 0.3) is 0 Å². The van der Waals surface area contributed by atoms with E-state index in [2.05, 4.69) is 21.3 Å². The van der Waals surface area contributed by atoms with Gasteiger partial charge in [0.25, 0.3) is 0 Å². The third-order valence-corrected chi connectivity index (χ3v) is 17.1. The Kier molecular flexibility index (Phi) is 33.3. The number of nitrogens with one attached hydrogen (secondary N) is 4. The summed E-state index contributed by atoms with van der Waals surface area (Å²) < 4.78 is 5.50. The van der Waals surface area contributed by atoms with Crippen molar-refractivity contribution in [3.63, 3.8) is 0 Å². The Hall–Kier alpha value is -6.17. The second kappa shape index (κ2) is 36.6. The highest BCUT2D eigenvalue weighted by molar-refractivity contribution is 6.00. The zero-order valence-corrected chi connectivity index (χ0v) is 58.9. The number of aliphatic hydroxyl groups is 1. The van der Waals surface area contributed by atoms with Crippen LogP contribution in [0.1, 0.15) is 157 Å². The van der Waals surface area contributed by atoms with Gasteiger partial charge in [-0.2, -0.15) is 0 Å². The molecular formula is C65H117N11O13. The first kappa shape index (κ1) is 80.8. The number of amides is 11. The first-order valence-corrected chi connectivity index (χ1v) is 32.0. The molecule has 89 heavy (non-hydrogen) atoms. The molecule has 1 saturated heterocycles. The van der Waals surface area contributed by atoms with E-state index in [1.165, 1.54) is 99.7 Å². The predicted molar refractivity (Wildman–Crippen MR) is 344 cm³/mol. The molecule has 11 amide bonds. The third kappa shape index (κ3) is 21.8. The SMILES string of the molecule is C/C=C/C[C@@H](C)[C@@H](O)[C@H]1C(=O)N[C@@H](CC)C(=O)N(C)[C@H](C(C)C)C(=O)N(C)[C@@H]([C@H](C)COC)C(=O)N[C@@H](C(C)C)C(=O)N(C)[C@@H](CC(C)C)C(=O)N[C@@H](C)C(=O)N[C@H](C)C(=O)N(C)[C@@H](CC(C)C)C(=O)N(C)[C@@H](CC(C)C)C(=O)N(C)[C@@H](C(C)C)C(=O)N1C. The maximum absolute atomic E-state index is 15.3. The third-order valence-electron chi connectivity index (χ3n) is 17.1. The van der Waals surface area contributed by atoms with E-state index < -0.39 is 167 Å². The second-order valence-corrected chi connectivity index (χ2v) is 27.2. The molecule has 1 rings (SSSR count). The van der Waals surface area contributed by atoms with Gasteiger partial charge in [0.05, 0.1) is 12.7 Å². The summed E-state index contributed by atoms with van der Waals surface area (Å²) in [5.41, 5.74) is 0. The lowest BCUT2D eigenvalue weighted by Gasteiger charge is -2.42. The zero-order valence-electron chi connectivity index (χ0n) is 58.9. The van der Waals surface area contributed by atoms with Crippen LogP contribution in [0.15, 0.2) is 12.2 Å². The maximum atomic E-state index is 15.3. The molecule has 24 heteroatoms. The molecule has 1 heterocycles. The number of hydrogen-bond donors (Lipinski definition) is 5. The number of methoxy groups -OCH3 is 1. The van der Waals surface area contributed by atoms with E-state index in [4.69, 9.17) is 4.74 Å². The summed E-state index contributed by atoms with van der Waals surface area (Å²) in [6.07, 6.45) is 2.80. The average Bonchev–Trinajstić information content (AvgIpc) is 3.10. The molecule has 0 bridgehead atoms. The van der Waals surface area contributed by atoms with Crippen LogP contribution < -0.4 is 21.3 Å². The minimum Gasteiger partial charge on any atom is -0.390 e. The lowest BCUT2D eigenvalue weighted by Crippen LogP contribution is -2.64.